The van der Waals surface area contributed by atoms with Gasteiger partial charge in [0.25, 0.3) is 0 Å². The molecule has 1 heterocycles. The fourth-order valence-corrected chi connectivity index (χ4v) is 9.99. The highest BCUT2D eigenvalue weighted by Crippen LogP contribution is 2.77. The minimum Gasteiger partial charge on any atom is -0.449 e. The molecule has 0 aromatic rings. The van der Waals surface area contributed by atoms with Crippen molar-refractivity contribution in [3.8, 4) is 6.07 Å². The summed E-state index contributed by atoms with van der Waals surface area (Å²) in [6, 6.07) is 2.45. The smallest absolute Gasteiger partial charge is 0.313 e. The number of nitrogens with zero attached hydrogens (tertiary/aromatic N) is 1. The van der Waals surface area contributed by atoms with Crippen LogP contribution < -0.4 is 0 Å². The van der Waals surface area contributed by atoms with Gasteiger partial charge in [0.2, 0.25) is 0 Å². The summed E-state index contributed by atoms with van der Waals surface area (Å²) in [7, 11) is 0. The van der Waals surface area contributed by atoms with Crippen LogP contribution in [0.3, 0.4) is 0 Å². The third-order valence-electron chi connectivity index (χ3n) is 12.2. The summed E-state index contributed by atoms with van der Waals surface area (Å²) >= 11 is 0. The highest BCUT2D eigenvalue weighted by atomic mass is 16.6. The molecule has 4 nitrogen and oxygen atoms in total. The van der Waals surface area contributed by atoms with E-state index in [1.807, 2.05) is 6.08 Å². The van der Waals surface area contributed by atoms with Gasteiger partial charge in [-0.3, -0.25) is 9.59 Å². The van der Waals surface area contributed by atoms with Gasteiger partial charge in [-0.2, -0.15) is 5.26 Å². The molecule has 4 heteroatoms. The number of nitriles is 1. The van der Waals surface area contributed by atoms with Crippen LogP contribution in [0.1, 0.15) is 107 Å². The van der Waals surface area contributed by atoms with E-state index in [0.717, 1.165) is 50.5 Å². The Morgan fingerprint density at radius 1 is 1.08 bits per heavy atom. The normalized spacial score (nSPS) is 47.0. The van der Waals surface area contributed by atoms with Crippen LogP contribution >= 0.6 is 0 Å². The average Bonchev–Trinajstić information content (AvgIpc) is 2.91. The maximum atomic E-state index is 14.4. The van der Waals surface area contributed by atoms with Crippen molar-refractivity contribution in [1.82, 2.24) is 0 Å². The van der Waals surface area contributed by atoms with E-state index in [4.69, 9.17) is 4.74 Å². The van der Waals surface area contributed by atoms with E-state index >= 15 is 0 Å². The van der Waals surface area contributed by atoms with Gasteiger partial charge >= 0.3 is 5.97 Å². The highest BCUT2D eigenvalue weighted by Gasteiger charge is 2.80. The molecule has 1 aliphatic heterocycles. The number of carbonyl (C=O) groups is 2. The number of fused-ring (bicyclic) bond motifs is 5. The van der Waals surface area contributed by atoms with Crippen LogP contribution in [-0.4, -0.2) is 17.4 Å². The van der Waals surface area contributed by atoms with E-state index in [1.165, 1.54) is 5.57 Å². The Hall–Kier alpha value is -1.89. The van der Waals surface area contributed by atoms with Gasteiger partial charge in [0.1, 0.15) is 0 Å². The van der Waals surface area contributed by atoms with Gasteiger partial charge in [0.15, 0.2) is 11.4 Å². The van der Waals surface area contributed by atoms with E-state index in [0.29, 0.717) is 5.92 Å². The van der Waals surface area contributed by atoms with Crippen LogP contribution in [0.15, 0.2) is 23.3 Å². The Labute approximate surface area is 217 Å². The summed E-state index contributed by atoms with van der Waals surface area (Å²) in [5.41, 5.74) is -0.703. The fourth-order valence-electron chi connectivity index (χ4n) is 9.99. The fraction of sp³-hybridized carbons (Fsp3) is 0.781. The van der Waals surface area contributed by atoms with E-state index in [1.54, 1.807) is 0 Å². The van der Waals surface area contributed by atoms with Crippen molar-refractivity contribution in [2.24, 2.45) is 44.3 Å². The van der Waals surface area contributed by atoms with Crippen LogP contribution in [0.2, 0.25) is 0 Å². The molecule has 5 aliphatic rings. The quantitative estimate of drug-likeness (QED) is 0.379. The lowest BCUT2D eigenvalue weighted by molar-refractivity contribution is -0.199. The lowest BCUT2D eigenvalue weighted by Gasteiger charge is -2.68. The van der Waals surface area contributed by atoms with Crippen molar-refractivity contribution < 1.29 is 14.3 Å². The standard InChI is InChI=1S/C32H45NO3/c1-20-31(14-12-26(2,3)4)15-13-30(9)29(8)11-10-22-27(5,6)17-21(19-33)18-28(22,7)23(29)16-24(34)32(20,30)36-25(31)35/h16,18,20,22H,10-15,17H2,1-9H3/t20?,22?,28-,29+,30-,31-,32+/m0/s1. The van der Waals surface area contributed by atoms with E-state index in [9.17, 15) is 14.9 Å². The first-order valence-electron chi connectivity index (χ1n) is 14.1. The Kier molecular flexibility index (Phi) is 5.11. The monoisotopic (exact) mass is 491 g/mol. The van der Waals surface area contributed by atoms with Crippen molar-refractivity contribution in [1.29, 1.82) is 5.26 Å². The van der Waals surface area contributed by atoms with Crippen molar-refractivity contribution in [2.45, 2.75) is 113 Å². The number of carbonyl (C=O) groups excluding carboxylic acids is 2. The van der Waals surface area contributed by atoms with Crippen molar-refractivity contribution >= 4 is 11.8 Å². The average molecular weight is 492 g/mol. The van der Waals surface area contributed by atoms with Crippen molar-refractivity contribution in [3.63, 3.8) is 0 Å². The first kappa shape index (κ1) is 25.7. The zero-order valence-corrected chi connectivity index (χ0v) is 23.9. The third-order valence-corrected chi connectivity index (χ3v) is 12.2. The maximum absolute atomic E-state index is 14.4. The zero-order valence-electron chi connectivity index (χ0n) is 23.9. The maximum Gasteiger partial charge on any atom is 0.313 e. The topological polar surface area (TPSA) is 67.2 Å². The molecular weight excluding hydrogens is 446 g/mol. The van der Waals surface area contributed by atoms with Crippen LogP contribution in [0.4, 0.5) is 0 Å². The summed E-state index contributed by atoms with van der Waals surface area (Å²) < 4.78 is 6.44. The molecular formula is C32H45NO3. The third kappa shape index (κ3) is 2.81. The SMILES string of the molecule is CC1[C@]2(CCC(C)(C)C)CC[C@@]3(C)[C@]4(C)CCC5C(C)(C)CC(C#N)=C[C@]5(C)C4=CC(=O)[C@]13OC2=O. The van der Waals surface area contributed by atoms with Gasteiger partial charge in [0.05, 0.1) is 11.5 Å². The Morgan fingerprint density at radius 3 is 2.36 bits per heavy atom. The van der Waals surface area contributed by atoms with Crippen LogP contribution in [0, 0.1) is 55.7 Å². The van der Waals surface area contributed by atoms with Gasteiger partial charge in [0, 0.05) is 22.3 Å². The predicted octanol–water partition coefficient (Wildman–Crippen LogP) is 7.34. The second kappa shape index (κ2) is 7.15. The number of esters is 1. The van der Waals surface area contributed by atoms with Crippen LogP contribution in [-0.2, 0) is 14.3 Å². The molecule has 2 unspecified atom stereocenters. The zero-order chi connectivity index (χ0) is 26.7. The number of hydrogen-bond acceptors (Lipinski definition) is 4. The molecule has 0 amide bonds. The largest absolute Gasteiger partial charge is 0.449 e. The molecule has 36 heavy (non-hydrogen) atoms. The van der Waals surface area contributed by atoms with Gasteiger partial charge in [-0.25, -0.2) is 0 Å². The van der Waals surface area contributed by atoms with Gasteiger partial charge < -0.3 is 4.74 Å². The summed E-state index contributed by atoms with van der Waals surface area (Å²) in [5.74, 6) is 0.0408. The molecule has 0 N–H and O–H groups in total. The molecule has 1 spiro atoms. The molecule has 2 saturated carbocycles. The minimum atomic E-state index is -1.10. The molecule has 4 aliphatic carbocycles. The van der Waals surface area contributed by atoms with E-state index < -0.39 is 16.4 Å². The van der Waals surface area contributed by atoms with Crippen LogP contribution in [0.5, 0.6) is 0 Å². The molecule has 0 aromatic carbocycles. The number of ketones is 1. The molecule has 7 atom stereocenters. The number of hydrogen-bond donors (Lipinski definition) is 0. The Morgan fingerprint density at radius 2 is 1.75 bits per heavy atom. The van der Waals surface area contributed by atoms with E-state index in [-0.39, 0.29) is 39.3 Å². The predicted molar refractivity (Wildman–Crippen MR) is 141 cm³/mol. The molecule has 0 aromatic heterocycles. The number of ether oxygens (including phenoxy) is 1. The molecule has 196 valence electrons. The van der Waals surface area contributed by atoms with Crippen molar-refractivity contribution in [2.75, 3.05) is 0 Å². The second-order valence-corrected chi connectivity index (χ2v) is 15.5. The van der Waals surface area contributed by atoms with Crippen molar-refractivity contribution in [3.05, 3.63) is 23.3 Å². The Bertz CT molecular complexity index is 1150. The van der Waals surface area contributed by atoms with Gasteiger partial charge in [-0.15, -0.1) is 0 Å². The second-order valence-electron chi connectivity index (χ2n) is 15.5. The summed E-state index contributed by atoms with van der Waals surface area (Å²) in [5, 5.41) is 9.90. The molecule has 3 fully saturated rings. The molecule has 0 radical (unpaired) electrons. The van der Waals surface area contributed by atoms with Crippen LogP contribution in [0.25, 0.3) is 0 Å². The molecule has 2 bridgehead atoms. The summed E-state index contributed by atoms with van der Waals surface area (Å²) in [6.45, 7) is 20.2. The van der Waals surface area contributed by atoms with Gasteiger partial charge in [-0.05, 0) is 78.8 Å². The van der Waals surface area contributed by atoms with Gasteiger partial charge in [-0.1, -0.05) is 68.4 Å². The summed E-state index contributed by atoms with van der Waals surface area (Å²) in [4.78, 5) is 28.1. The minimum absolute atomic E-state index is 0.0163. The lowest BCUT2D eigenvalue weighted by Crippen LogP contribution is -2.70. The first-order valence-corrected chi connectivity index (χ1v) is 14.1. The number of rotatable bonds is 2. The lowest BCUT2D eigenvalue weighted by atomic mass is 9.35. The molecule has 1 saturated heterocycles. The Balaban J connectivity index is 1.68. The van der Waals surface area contributed by atoms with E-state index in [2.05, 4.69) is 74.5 Å². The number of allylic oxidation sites excluding steroid dienone is 3. The highest BCUT2D eigenvalue weighted by molar-refractivity contribution is 6.05. The first-order chi connectivity index (χ1) is 16.4. The summed E-state index contributed by atoms with van der Waals surface area (Å²) in [6.07, 6.45) is 10.2. The molecule has 5 rings (SSSR count).